The first-order valence-corrected chi connectivity index (χ1v) is 2.49. The van der Waals surface area contributed by atoms with Crippen LogP contribution in [-0.4, -0.2) is 11.1 Å². The molecule has 0 aromatic heterocycles. The van der Waals surface area contributed by atoms with Crippen molar-refractivity contribution in [3.63, 3.8) is 0 Å². The Bertz CT molecular complexity index is 66.0. The van der Waals surface area contributed by atoms with E-state index in [1.807, 2.05) is 6.92 Å². The molecule has 1 N–H and O–H groups in total. The van der Waals surface area contributed by atoms with Crippen molar-refractivity contribution < 1.29 is 9.90 Å². The quantitative estimate of drug-likeness (QED) is 0.651. The van der Waals surface area contributed by atoms with Gasteiger partial charge in [-0.25, -0.2) is 0 Å². The van der Waals surface area contributed by atoms with Crippen LogP contribution in [0.15, 0.2) is 0 Å². The van der Waals surface area contributed by atoms with Gasteiger partial charge in [-0.15, -0.1) is 0 Å². The maximum atomic E-state index is 9.76. The Morgan fingerprint density at radius 3 is 2.00 bits per heavy atom. The van der Waals surface area contributed by atoms with Gasteiger partial charge in [0.1, 0.15) is 0 Å². The number of hydrogen-bond acceptors (Lipinski definition) is 1. The minimum absolute atomic E-state index is 0. The van der Waals surface area contributed by atoms with Gasteiger partial charge in [-0.2, -0.15) is 0 Å². The Kier molecular flexibility index (Phi) is 20.1. The Morgan fingerprint density at radius 2 is 1.89 bits per heavy atom. The Morgan fingerprint density at radius 1 is 1.44 bits per heavy atom. The van der Waals surface area contributed by atoms with Gasteiger partial charge in [-0.3, -0.25) is 4.79 Å². The van der Waals surface area contributed by atoms with Crippen molar-refractivity contribution in [2.24, 2.45) is 0 Å². The van der Waals surface area contributed by atoms with Gasteiger partial charge in [0.05, 0.1) is 0 Å². The van der Waals surface area contributed by atoms with E-state index >= 15 is 0 Å². The standard InChI is InChI=1S/C5H10O2.2P/c1-2-3-4-5(6)7;;/h2-4H2,1H3,(H,6,7);;. The third kappa shape index (κ3) is 17.8. The highest BCUT2D eigenvalue weighted by Crippen LogP contribution is 1.91. The van der Waals surface area contributed by atoms with Crippen molar-refractivity contribution in [2.45, 2.75) is 26.2 Å². The third-order valence-electron chi connectivity index (χ3n) is 0.744. The number of hydrogen-bond donors (Lipinski definition) is 1. The average molecular weight is 164 g/mol. The molecule has 4 heteroatoms. The summed E-state index contributed by atoms with van der Waals surface area (Å²) in [6.07, 6.45) is 2.08. The average Bonchev–Trinajstić information content (AvgIpc) is 1.61. The second kappa shape index (κ2) is 11.2. The molecule has 0 atom stereocenters. The number of carboxylic acid groups (broad SMARTS) is 1. The first-order chi connectivity index (χ1) is 3.27. The number of carboxylic acids is 1. The van der Waals surface area contributed by atoms with E-state index in [1.54, 1.807) is 0 Å². The second-order valence-electron chi connectivity index (χ2n) is 1.50. The van der Waals surface area contributed by atoms with E-state index in [0.717, 1.165) is 12.8 Å². The molecule has 0 spiro atoms. The lowest BCUT2D eigenvalue weighted by Gasteiger charge is -1.85. The lowest BCUT2D eigenvalue weighted by atomic mass is 10.3. The zero-order chi connectivity index (χ0) is 5.70. The summed E-state index contributed by atoms with van der Waals surface area (Å²) in [7, 11) is 0. The van der Waals surface area contributed by atoms with Crippen molar-refractivity contribution in [1.82, 2.24) is 0 Å². The third-order valence-corrected chi connectivity index (χ3v) is 0.744. The molecule has 0 aromatic carbocycles. The molecule has 0 aromatic rings. The summed E-state index contributed by atoms with van der Waals surface area (Å²) < 4.78 is 0. The Labute approximate surface area is 62.7 Å². The number of rotatable bonds is 3. The van der Waals surface area contributed by atoms with Crippen LogP contribution >= 0.6 is 19.8 Å². The molecule has 9 heavy (non-hydrogen) atoms. The fourth-order valence-corrected chi connectivity index (χ4v) is 0.328. The van der Waals surface area contributed by atoms with Crippen molar-refractivity contribution >= 4 is 25.8 Å². The van der Waals surface area contributed by atoms with E-state index in [1.165, 1.54) is 0 Å². The summed E-state index contributed by atoms with van der Waals surface area (Å²) in [5.41, 5.74) is 0. The summed E-state index contributed by atoms with van der Waals surface area (Å²) in [5, 5.41) is 8.04. The van der Waals surface area contributed by atoms with E-state index in [2.05, 4.69) is 0 Å². The molecule has 0 aliphatic heterocycles. The van der Waals surface area contributed by atoms with Crippen molar-refractivity contribution in [2.75, 3.05) is 0 Å². The monoisotopic (exact) mass is 164 g/mol. The maximum Gasteiger partial charge on any atom is 0.303 e. The fourth-order valence-electron chi connectivity index (χ4n) is 0.328. The van der Waals surface area contributed by atoms with Crippen LogP contribution in [0.2, 0.25) is 0 Å². The van der Waals surface area contributed by atoms with Crippen LogP contribution in [-0.2, 0) is 4.79 Å². The topological polar surface area (TPSA) is 37.3 Å². The molecular weight excluding hydrogens is 154 g/mol. The molecule has 0 fully saturated rings. The molecule has 0 aliphatic carbocycles. The lowest BCUT2D eigenvalue weighted by Crippen LogP contribution is -1.91. The lowest BCUT2D eigenvalue weighted by molar-refractivity contribution is -0.137. The zero-order valence-electron chi connectivity index (χ0n) is 5.37. The van der Waals surface area contributed by atoms with Crippen LogP contribution in [0, 0.1) is 0 Å². The normalized spacial score (nSPS) is 6.78. The van der Waals surface area contributed by atoms with E-state index < -0.39 is 5.97 Å². The minimum Gasteiger partial charge on any atom is -0.481 e. The van der Waals surface area contributed by atoms with Crippen molar-refractivity contribution in [3.8, 4) is 0 Å². The number of carbonyl (C=O) groups is 1. The molecule has 2 nitrogen and oxygen atoms in total. The van der Waals surface area contributed by atoms with Gasteiger partial charge >= 0.3 is 5.97 Å². The van der Waals surface area contributed by atoms with E-state index in [0.29, 0.717) is 6.42 Å². The van der Waals surface area contributed by atoms with Crippen LogP contribution in [0.25, 0.3) is 0 Å². The number of aliphatic carboxylic acids is 1. The van der Waals surface area contributed by atoms with E-state index in [9.17, 15) is 4.79 Å². The minimum atomic E-state index is -0.693. The SMILES string of the molecule is CCCCC(=O)O.[P].[P]. The Balaban J connectivity index is -0.000000180. The van der Waals surface area contributed by atoms with Crippen LogP contribution in [0.1, 0.15) is 26.2 Å². The molecule has 0 bridgehead atoms. The molecular formula is C5H10O2P2. The van der Waals surface area contributed by atoms with Gasteiger partial charge in [0.15, 0.2) is 0 Å². The zero-order valence-corrected chi connectivity index (χ0v) is 7.16. The number of unbranched alkanes of at least 4 members (excludes halogenated alkanes) is 1. The largest absolute Gasteiger partial charge is 0.481 e. The predicted molar refractivity (Wildman–Crippen MR) is 41.0 cm³/mol. The predicted octanol–water partition coefficient (Wildman–Crippen LogP) is 2.98. The first-order valence-electron chi connectivity index (χ1n) is 2.49. The summed E-state index contributed by atoms with van der Waals surface area (Å²) in [4.78, 5) is 9.76. The van der Waals surface area contributed by atoms with Crippen molar-refractivity contribution in [3.05, 3.63) is 0 Å². The van der Waals surface area contributed by atoms with Crippen molar-refractivity contribution in [1.29, 1.82) is 0 Å². The van der Waals surface area contributed by atoms with Crippen LogP contribution < -0.4 is 0 Å². The van der Waals surface area contributed by atoms with Gasteiger partial charge < -0.3 is 5.11 Å². The second-order valence-corrected chi connectivity index (χ2v) is 1.50. The highest BCUT2D eigenvalue weighted by Gasteiger charge is 1.90. The van der Waals surface area contributed by atoms with E-state index in [-0.39, 0.29) is 19.8 Å². The smallest absolute Gasteiger partial charge is 0.303 e. The van der Waals surface area contributed by atoms with Gasteiger partial charge in [-0.1, -0.05) is 13.3 Å². The van der Waals surface area contributed by atoms with Crippen LogP contribution in [0.5, 0.6) is 0 Å². The highest BCUT2D eigenvalue weighted by atomic mass is 31.0. The molecule has 0 saturated heterocycles. The van der Waals surface area contributed by atoms with Gasteiger partial charge in [0.2, 0.25) is 0 Å². The molecule has 0 aliphatic rings. The molecule has 6 radical (unpaired) electrons. The first kappa shape index (κ1) is 16.2. The van der Waals surface area contributed by atoms with Crippen LogP contribution in [0.4, 0.5) is 0 Å². The maximum absolute atomic E-state index is 9.76. The van der Waals surface area contributed by atoms with Gasteiger partial charge in [0, 0.05) is 26.2 Å². The van der Waals surface area contributed by atoms with E-state index in [4.69, 9.17) is 5.11 Å². The molecule has 0 saturated carbocycles. The molecule has 0 unspecified atom stereocenters. The van der Waals surface area contributed by atoms with Crippen LogP contribution in [0.3, 0.4) is 0 Å². The molecule has 0 rings (SSSR count). The summed E-state index contributed by atoms with van der Waals surface area (Å²) in [6, 6.07) is 0. The fraction of sp³-hybridized carbons (Fsp3) is 0.800. The Hall–Kier alpha value is 0.330. The molecule has 0 heterocycles. The highest BCUT2D eigenvalue weighted by molar-refractivity contribution is 6.92. The van der Waals surface area contributed by atoms with Gasteiger partial charge in [0.25, 0.3) is 0 Å². The summed E-state index contributed by atoms with van der Waals surface area (Å²) in [6.45, 7) is 1.98. The summed E-state index contributed by atoms with van der Waals surface area (Å²) in [5.74, 6) is -0.693. The van der Waals surface area contributed by atoms with Gasteiger partial charge in [-0.05, 0) is 6.42 Å². The summed E-state index contributed by atoms with van der Waals surface area (Å²) >= 11 is 0. The molecule has 52 valence electrons. The molecule has 0 amide bonds.